The van der Waals surface area contributed by atoms with Gasteiger partial charge < -0.3 is 5.32 Å². The number of nitrogens with zero attached hydrogens (tertiary/aromatic N) is 1. The first kappa shape index (κ1) is 20.0. The Bertz CT molecular complexity index is 1040. The molecule has 1 saturated carbocycles. The molecule has 5 unspecified atom stereocenters. The van der Waals surface area contributed by atoms with Crippen molar-refractivity contribution in [1.82, 2.24) is 10.2 Å². The van der Waals surface area contributed by atoms with Gasteiger partial charge in [0.1, 0.15) is 0 Å². The Kier molecular flexibility index (Phi) is 5.14. The lowest BCUT2D eigenvalue weighted by Gasteiger charge is -2.28. The third kappa shape index (κ3) is 3.57. The minimum absolute atomic E-state index is 0.00680. The zero-order valence-corrected chi connectivity index (χ0v) is 17.7. The highest BCUT2D eigenvalue weighted by Gasteiger charge is 2.60. The molecule has 0 radical (unpaired) electrons. The van der Waals surface area contributed by atoms with Gasteiger partial charge in [0.05, 0.1) is 24.3 Å². The second kappa shape index (κ2) is 7.97. The smallest absolute Gasteiger partial charge is 0.234 e. The molecular formula is C25H23ClN2O3. The zero-order chi connectivity index (χ0) is 21.5. The molecule has 31 heavy (non-hydrogen) atoms. The standard InChI is InChI=1S/C25H23ClN2O3/c26-19-8-4-7-16(12-19)20(13-21(29)27-14-15-5-2-1-3-6-15)28-24(30)22-17-9-10-18(11-17)23(22)25(28)31/h1-10,12,17-18,20,22-23H,11,13-14H2,(H,27,29). The summed E-state index contributed by atoms with van der Waals surface area (Å²) in [5.74, 6) is -0.868. The average Bonchev–Trinajstić information content (AvgIpc) is 3.45. The first-order valence-electron chi connectivity index (χ1n) is 10.6. The van der Waals surface area contributed by atoms with Crippen LogP contribution in [0.5, 0.6) is 0 Å². The average molecular weight is 435 g/mol. The largest absolute Gasteiger partial charge is 0.352 e. The summed E-state index contributed by atoms with van der Waals surface area (Å²) in [7, 11) is 0. The van der Waals surface area contributed by atoms with Crippen molar-refractivity contribution in [3.8, 4) is 0 Å². The number of hydrogen-bond acceptors (Lipinski definition) is 3. The molecule has 3 amide bonds. The van der Waals surface area contributed by atoms with Gasteiger partial charge in [-0.15, -0.1) is 0 Å². The molecule has 158 valence electrons. The fourth-order valence-corrected chi connectivity index (χ4v) is 5.55. The Morgan fingerprint density at radius 2 is 1.68 bits per heavy atom. The number of fused-ring (bicyclic) bond motifs is 5. The van der Waals surface area contributed by atoms with Crippen molar-refractivity contribution in [2.24, 2.45) is 23.7 Å². The maximum absolute atomic E-state index is 13.4. The molecule has 1 heterocycles. The molecule has 2 aromatic carbocycles. The Morgan fingerprint density at radius 1 is 1.00 bits per heavy atom. The third-order valence-electron chi connectivity index (χ3n) is 6.76. The predicted octanol–water partition coefficient (Wildman–Crippen LogP) is 3.89. The lowest BCUT2D eigenvalue weighted by Crippen LogP contribution is -2.39. The van der Waals surface area contributed by atoms with Crippen LogP contribution in [0, 0.1) is 23.7 Å². The number of imide groups is 1. The number of allylic oxidation sites excluding steroid dienone is 2. The Hall–Kier alpha value is -2.92. The molecule has 0 aromatic heterocycles. The van der Waals surface area contributed by atoms with E-state index in [1.807, 2.05) is 36.4 Å². The van der Waals surface area contributed by atoms with Crippen molar-refractivity contribution in [1.29, 1.82) is 0 Å². The molecule has 1 N–H and O–H groups in total. The fraction of sp³-hybridized carbons (Fsp3) is 0.320. The first-order chi connectivity index (χ1) is 15.0. The van der Waals surface area contributed by atoms with E-state index in [1.54, 1.807) is 18.2 Å². The number of carbonyl (C=O) groups is 3. The van der Waals surface area contributed by atoms with E-state index >= 15 is 0 Å². The van der Waals surface area contributed by atoms with Gasteiger partial charge in [0.15, 0.2) is 0 Å². The van der Waals surface area contributed by atoms with Crippen molar-refractivity contribution >= 4 is 29.3 Å². The quantitative estimate of drug-likeness (QED) is 0.554. The van der Waals surface area contributed by atoms with Crippen LogP contribution >= 0.6 is 11.6 Å². The van der Waals surface area contributed by atoms with Crippen molar-refractivity contribution in [2.75, 3.05) is 0 Å². The minimum Gasteiger partial charge on any atom is -0.352 e. The van der Waals surface area contributed by atoms with Crippen LogP contribution in [0.1, 0.15) is 30.0 Å². The van der Waals surface area contributed by atoms with Gasteiger partial charge in [0.25, 0.3) is 0 Å². The molecule has 1 saturated heterocycles. The Balaban J connectivity index is 1.40. The fourth-order valence-electron chi connectivity index (χ4n) is 5.35. The maximum atomic E-state index is 13.4. The van der Waals surface area contributed by atoms with Crippen LogP contribution in [0.15, 0.2) is 66.7 Å². The van der Waals surface area contributed by atoms with E-state index in [0.29, 0.717) is 17.1 Å². The highest BCUT2D eigenvalue weighted by Crippen LogP contribution is 2.54. The van der Waals surface area contributed by atoms with Crippen LogP contribution in [0.25, 0.3) is 0 Å². The van der Waals surface area contributed by atoms with Gasteiger partial charge in [-0.2, -0.15) is 0 Å². The van der Waals surface area contributed by atoms with Gasteiger partial charge in [-0.1, -0.05) is 66.2 Å². The van der Waals surface area contributed by atoms with Crippen molar-refractivity contribution in [2.45, 2.75) is 25.4 Å². The molecule has 2 fully saturated rings. The lowest BCUT2D eigenvalue weighted by atomic mass is 9.85. The van der Waals surface area contributed by atoms with Crippen LogP contribution in [0.4, 0.5) is 0 Å². The summed E-state index contributed by atoms with van der Waals surface area (Å²) in [6.45, 7) is 0.392. The molecular weight excluding hydrogens is 412 g/mol. The minimum atomic E-state index is -0.667. The molecule has 2 aromatic rings. The molecule has 0 spiro atoms. The summed E-state index contributed by atoms with van der Waals surface area (Å²) < 4.78 is 0. The van der Waals surface area contributed by atoms with Crippen LogP contribution in [0.2, 0.25) is 5.02 Å². The number of halogens is 1. The Morgan fingerprint density at radius 3 is 2.32 bits per heavy atom. The molecule has 2 bridgehead atoms. The normalized spacial score (nSPS) is 26.9. The molecule has 5 rings (SSSR count). The van der Waals surface area contributed by atoms with E-state index in [1.165, 1.54) is 4.90 Å². The van der Waals surface area contributed by atoms with Gasteiger partial charge in [0, 0.05) is 11.6 Å². The monoisotopic (exact) mass is 434 g/mol. The zero-order valence-electron chi connectivity index (χ0n) is 16.9. The molecule has 5 atom stereocenters. The van der Waals surface area contributed by atoms with E-state index in [2.05, 4.69) is 17.5 Å². The predicted molar refractivity (Wildman–Crippen MR) is 117 cm³/mol. The van der Waals surface area contributed by atoms with E-state index in [0.717, 1.165) is 12.0 Å². The number of amides is 3. The molecule has 5 nitrogen and oxygen atoms in total. The van der Waals surface area contributed by atoms with Crippen LogP contribution in [-0.2, 0) is 20.9 Å². The summed E-state index contributed by atoms with van der Waals surface area (Å²) in [6, 6.07) is 16.0. The van der Waals surface area contributed by atoms with E-state index in [4.69, 9.17) is 11.6 Å². The summed E-state index contributed by atoms with van der Waals surface area (Å²) >= 11 is 6.20. The second-order valence-electron chi connectivity index (χ2n) is 8.58. The number of carbonyl (C=O) groups excluding carboxylic acids is 3. The summed E-state index contributed by atoms with van der Waals surface area (Å²) in [6.07, 6.45) is 5.02. The van der Waals surface area contributed by atoms with Gasteiger partial charge in [0.2, 0.25) is 17.7 Å². The molecule has 1 aliphatic heterocycles. The number of rotatable bonds is 6. The van der Waals surface area contributed by atoms with Gasteiger partial charge in [-0.25, -0.2) is 0 Å². The molecule has 3 aliphatic rings. The highest BCUT2D eigenvalue weighted by atomic mass is 35.5. The third-order valence-corrected chi connectivity index (χ3v) is 7.00. The van der Waals surface area contributed by atoms with Crippen LogP contribution in [-0.4, -0.2) is 22.6 Å². The SMILES string of the molecule is O=C(CC(c1cccc(Cl)c1)N1C(=O)C2C3C=CC(C3)C2C1=O)NCc1ccccc1. The molecule has 2 aliphatic carbocycles. The van der Waals surface area contributed by atoms with Crippen LogP contribution in [0.3, 0.4) is 0 Å². The maximum Gasteiger partial charge on any atom is 0.234 e. The number of benzene rings is 2. The van der Waals surface area contributed by atoms with E-state index in [-0.39, 0.29) is 47.8 Å². The first-order valence-corrected chi connectivity index (χ1v) is 11.0. The van der Waals surface area contributed by atoms with E-state index < -0.39 is 6.04 Å². The van der Waals surface area contributed by atoms with Crippen LogP contribution < -0.4 is 5.32 Å². The lowest BCUT2D eigenvalue weighted by molar-refractivity contribution is -0.144. The van der Waals surface area contributed by atoms with E-state index in [9.17, 15) is 14.4 Å². The van der Waals surface area contributed by atoms with Crippen molar-refractivity contribution in [3.63, 3.8) is 0 Å². The molecule has 6 heteroatoms. The van der Waals surface area contributed by atoms with Gasteiger partial charge in [-0.3, -0.25) is 19.3 Å². The summed E-state index contributed by atoms with van der Waals surface area (Å²) in [4.78, 5) is 40.9. The number of likely N-dealkylation sites (tertiary alicyclic amines) is 1. The van der Waals surface area contributed by atoms with Gasteiger partial charge in [-0.05, 0) is 41.5 Å². The van der Waals surface area contributed by atoms with Crippen molar-refractivity contribution in [3.05, 3.63) is 82.9 Å². The number of hydrogen-bond donors (Lipinski definition) is 1. The highest BCUT2D eigenvalue weighted by molar-refractivity contribution is 6.30. The summed E-state index contributed by atoms with van der Waals surface area (Å²) in [5, 5.41) is 3.42. The number of nitrogens with one attached hydrogen (secondary N) is 1. The second-order valence-corrected chi connectivity index (χ2v) is 9.02. The summed E-state index contributed by atoms with van der Waals surface area (Å²) in [5.41, 5.74) is 1.69. The van der Waals surface area contributed by atoms with Crippen molar-refractivity contribution < 1.29 is 14.4 Å². The Labute approximate surface area is 186 Å². The van der Waals surface area contributed by atoms with Gasteiger partial charge >= 0.3 is 0 Å². The topological polar surface area (TPSA) is 66.5 Å².